The van der Waals surface area contributed by atoms with E-state index in [4.69, 9.17) is 10.5 Å². The van der Waals surface area contributed by atoms with Crippen molar-refractivity contribution in [2.24, 2.45) is 11.1 Å². The van der Waals surface area contributed by atoms with E-state index in [2.05, 4.69) is 4.90 Å². The predicted molar refractivity (Wildman–Crippen MR) is 86.5 cm³/mol. The van der Waals surface area contributed by atoms with Crippen LogP contribution in [-0.2, 0) is 20.7 Å². The molecule has 2 aliphatic rings. The second kappa shape index (κ2) is 6.32. The molecule has 2 N–H and O–H groups in total. The normalized spacial score (nSPS) is 29.6. The van der Waals surface area contributed by atoms with Gasteiger partial charge in [-0.3, -0.25) is 14.5 Å². The minimum Gasteiger partial charge on any atom is -0.466 e. The Bertz CT molecular complexity index is 589. The maximum absolute atomic E-state index is 12.8. The van der Waals surface area contributed by atoms with E-state index < -0.39 is 5.41 Å². The number of carbonyl (C=O) groups excluding carboxylic acids is 2. The highest BCUT2D eigenvalue weighted by atomic mass is 16.5. The van der Waals surface area contributed by atoms with Crippen molar-refractivity contribution in [2.75, 3.05) is 13.2 Å². The Hall–Kier alpha value is -1.88. The highest BCUT2D eigenvalue weighted by molar-refractivity contribution is 5.80. The Labute approximate surface area is 136 Å². The Morgan fingerprint density at radius 1 is 1.30 bits per heavy atom. The molecule has 2 heterocycles. The molecule has 0 saturated carbocycles. The number of esters is 1. The number of ether oxygens (including phenoxy) is 1. The number of amides is 1. The third-order valence-corrected chi connectivity index (χ3v) is 5.26. The summed E-state index contributed by atoms with van der Waals surface area (Å²) in [7, 11) is 0. The number of fused-ring (bicyclic) bond motifs is 2. The minimum absolute atomic E-state index is 0.0410. The van der Waals surface area contributed by atoms with Gasteiger partial charge in [-0.15, -0.1) is 0 Å². The molecular formula is C18H24N2O3. The lowest BCUT2D eigenvalue weighted by Gasteiger charge is -2.35. The summed E-state index contributed by atoms with van der Waals surface area (Å²) < 4.78 is 5.43. The van der Waals surface area contributed by atoms with E-state index >= 15 is 0 Å². The van der Waals surface area contributed by atoms with Crippen LogP contribution in [0.1, 0.15) is 31.7 Å². The van der Waals surface area contributed by atoms with Crippen LogP contribution < -0.4 is 5.73 Å². The highest BCUT2D eigenvalue weighted by Gasteiger charge is 2.60. The fourth-order valence-corrected chi connectivity index (χ4v) is 4.44. The van der Waals surface area contributed by atoms with E-state index in [9.17, 15) is 9.59 Å². The van der Waals surface area contributed by atoms with Crippen LogP contribution in [0.3, 0.4) is 0 Å². The van der Waals surface area contributed by atoms with E-state index in [0.717, 1.165) is 24.8 Å². The van der Waals surface area contributed by atoms with Crippen molar-refractivity contribution in [3.63, 3.8) is 0 Å². The number of hydrogen-bond acceptors (Lipinski definition) is 4. The van der Waals surface area contributed by atoms with Crippen LogP contribution in [0.5, 0.6) is 0 Å². The van der Waals surface area contributed by atoms with Crippen LogP contribution >= 0.6 is 0 Å². The van der Waals surface area contributed by atoms with Crippen LogP contribution in [0.15, 0.2) is 30.3 Å². The molecule has 0 aliphatic carbocycles. The topological polar surface area (TPSA) is 72.6 Å². The lowest BCUT2D eigenvalue weighted by atomic mass is 9.70. The van der Waals surface area contributed by atoms with Crippen molar-refractivity contribution in [3.8, 4) is 0 Å². The average Bonchev–Trinajstić information content (AvgIpc) is 3.03. The number of rotatable bonds is 6. The molecule has 2 fully saturated rings. The van der Waals surface area contributed by atoms with Crippen LogP contribution in [0, 0.1) is 5.41 Å². The molecule has 0 aromatic heterocycles. The zero-order valence-electron chi connectivity index (χ0n) is 13.5. The lowest BCUT2D eigenvalue weighted by Crippen LogP contribution is -2.47. The summed E-state index contributed by atoms with van der Waals surface area (Å²) in [5.74, 6) is -0.466. The molecule has 0 radical (unpaired) electrons. The van der Waals surface area contributed by atoms with E-state index in [1.165, 1.54) is 0 Å². The fourth-order valence-electron chi connectivity index (χ4n) is 4.44. The number of hydrogen-bond donors (Lipinski definition) is 1. The van der Waals surface area contributed by atoms with Crippen molar-refractivity contribution >= 4 is 11.9 Å². The van der Waals surface area contributed by atoms with Gasteiger partial charge >= 0.3 is 5.97 Å². The molecule has 2 bridgehead atoms. The first-order valence-corrected chi connectivity index (χ1v) is 8.32. The van der Waals surface area contributed by atoms with Gasteiger partial charge in [0.25, 0.3) is 0 Å². The number of nitrogens with two attached hydrogens (primary N) is 1. The average molecular weight is 316 g/mol. The molecule has 2 saturated heterocycles. The van der Waals surface area contributed by atoms with Gasteiger partial charge in [-0.1, -0.05) is 30.3 Å². The van der Waals surface area contributed by atoms with Crippen LogP contribution in [0.25, 0.3) is 0 Å². The summed E-state index contributed by atoms with van der Waals surface area (Å²) in [5.41, 5.74) is 5.98. The zero-order valence-corrected chi connectivity index (χ0v) is 13.5. The van der Waals surface area contributed by atoms with Gasteiger partial charge in [0.15, 0.2) is 0 Å². The maximum atomic E-state index is 12.8. The first kappa shape index (κ1) is 16.0. The second-order valence-corrected chi connectivity index (χ2v) is 6.63. The van der Waals surface area contributed by atoms with Crippen molar-refractivity contribution < 1.29 is 14.3 Å². The molecule has 1 aromatic carbocycles. The Morgan fingerprint density at radius 2 is 2.04 bits per heavy atom. The molecule has 23 heavy (non-hydrogen) atoms. The molecule has 5 heteroatoms. The molecule has 0 spiro atoms. The molecule has 1 amide bonds. The van der Waals surface area contributed by atoms with Gasteiger partial charge in [0.05, 0.1) is 18.6 Å². The third kappa shape index (κ3) is 2.85. The molecule has 5 nitrogen and oxygen atoms in total. The van der Waals surface area contributed by atoms with Gasteiger partial charge in [-0.25, -0.2) is 0 Å². The lowest BCUT2D eigenvalue weighted by molar-refractivity contribution is -0.157. The summed E-state index contributed by atoms with van der Waals surface area (Å²) in [4.78, 5) is 26.4. The number of carbonyl (C=O) groups is 2. The van der Waals surface area contributed by atoms with Crippen LogP contribution in [-0.4, -0.2) is 42.0 Å². The summed E-state index contributed by atoms with van der Waals surface area (Å²) in [6.07, 6.45) is 3.35. The van der Waals surface area contributed by atoms with E-state index in [1.807, 2.05) is 37.3 Å². The standard InChI is InChI=1S/C18H24N2O3/c1-2-23-17(22)18(10-13-6-4-3-5-7-13)11-14-8-9-15(18)20(14)12-16(19)21/h3-7,14-15H,2,8-12H2,1H3,(H2,19,21)/t14-,15+,18+/m1/s1. The van der Waals surface area contributed by atoms with Crippen molar-refractivity contribution in [2.45, 2.75) is 44.7 Å². The van der Waals surface area contributed by atoms with Gasteiger partial charge in [-0.05, 0) is 38.2 Å². The van der Waals surface area contributed by atoms with Crippen molar-refractivity contribution in [1.82, 2.24) is 4.90 Å². The number of primary amides is 1. The summed E-state index contributed by atoms with van der Waals surface area (Å²) in [6, 6.07) is 10.3. The second-order valence-electron chi connectivity index (χ2n) is 6.63. The molecule has 0 unspecified atom stereocenters. The van der Waals surface area contributed by atoms with Gasteiger partial charge < -0.3 is 10.5 Å². The highest BCUT2D eigenvalue weighted by Crippen LogP contribution is 2.52. The number of benzene rings is 1. The quantitative estimate of drug-likeness (QED) is 0.807. The Morgan fingerprint density at radius 3 is 2.70 bits per heavy atom. The number of nitrogens with zero attached hydrogens (tertiary/aromatic N) is 1. The van der Waals surface area contributed by atoms with Crippen molar-refractivity contribution in [1.29, 1.82) is 0 Å². The zero-order chi connectivity index (χ0) is 16.4. The smallest absolute Gasteiger partial charge is 0.314 e. The first-order valence-electron chi connectivity index (χ1n) is 8.32. The fraction of sp³-hybridized carbons (Fsp3) is 0.556. The first-order chi connectivity index (χ1) is 11.1. The SMILES string of the molecule is CCOC(=O)[C@@]1(Cc2ccccc2)C[C@H]2CC[C@@H]1N2CC(N)=O. The minimum atomic E-state index is -0.560. The molecule has 3 rings (SSSR count). The maximum Gasteiger partial charge on any atom is 0.314 e. The third-order valence-electron chi connectivity index (χ3n) is 5.26. The molecule has 124 valence electrons. The largest absolute Gasteiger partial charge is 0.466 e. The Kier molecular flexibility index (Phi) is 4.39. The summed E-state index contributed by atoms with van der Waals surface area (Å²) in [6.45, 7) is 2.44. The summed E-state index contributed by atoms with van der Waals surface area (Å²) in [5, 5.41) is 0. The predicted octanol–water partition coefficient (Wildman–Crippen LogP) is 1.50. The van der Waals surface area contributed by atoms with E-state index in [-0.39, 0.29) is 30.5 Å². The molecule has 3 atom stereocenters. The summed E-state index contributed by atoms with van der Waals surface area (Å²) >= 11 is 0. The van der Waals surface area contributed by atoms with Gasteiger partial charge in [0, 0.05) is 12.1 Å². The molecule has 1 aromatic rings. The van der Waals surface area contributed by atoms with Gasteiger partial charge in [0.2, 0.25) is 5.91 Å². The van der Waals surface area contributed by atoms with Gasteiger partial charge in [0.1, 0.15) is 0 Å². The van der Waals surface area contributed by atoms with E-state index in [0.29, 0.717) is 13.0 Å². The molecular weight excluding hydrogens is 292 g/mol. The van der Waals surface area contributed by atoms with Crippen molar-refractivity contribution in [3.05, 3.63) is 35.9 Å². The van der Waals surface area contributed by atoms with E-state index in [1.54, 1.807) is 0 Å². The van der Waals surface area contributed by atoms with Crippen LogP contribution in [0.4, 0.5) is 0 Å². The molecule has 2 aliphatic heterocycles. The monoisotopic (exact) mass is 316 g/mol. The van der Waals surface area contributed by atoms with Gasteiger partial charge in [-0.2, -0.15) is 0 Å². The Balaban J connectivity index is 1.91. The van der Waals surface area contributed by atoms with Crippen LogP contribution in [0.2, 0.25) is 0 Å².